The van der Waals surface area contributed by atoms with Crippen LogP contribution in [0.2, 0.25) is 0 Å². The van der Waals surface area contributed by atoms with Gasteiger partial charge in [-0.1, -0.05) is 0 Å². The lowest BCUT2D eigenvalue weighted by Gasteiger charge is -2.37. The van der Waals surface area contributed by atoms with Crippen molar-refractivity contribution in [2.24, 2.45) is 0 Å². The van der Waals surface area contributed by atoms with Crippen molar-refractivity contribution in [3.63, 3.8) is 0 Å². The molecule has 0 unspecified atom stereocenters. The van der Waals surface area contributed by atoms with Crippen molar-refractivity contribution in [3.05, 3.63) is 0 Å². The van der Waals surface area contributed by atoms with Crippen LogP contribution >= 0.6 is 0 Å². The first-order valence-electron chi connectivity index (χ1n) is 6.27. The minimum absolute atomic E-state index is 0.271. The van der Waals surface area contributed by atoms with E-state index >= 15 is 0 Å². The number of piperazine rings is 1. The Morgan fingerprint density at radius 2 is 2.12 bits per heavy atom. The molecule has 0 aliphatic carbocycles. The number of hydrogen-bond acceptors (Lipinski definition) is 4. The Labute approximate surface area is 104 Å². The molecule has 0 saturated carbocycles. The van der Waals surface area contributed by atoms with Crippen LogP contribution in [0.5, 0.6) is 0 Å². The Kier molecular flexibility index (Phi) is 4.07. The van der Waals surface area contributed by atoms with E-state index in [1.165, 1.54) is 6.42 Å². The zero-order valence-electron chi connectivity index (χ0n) is 10.6. The first-order valence-corrected chi connectivity index (χ1v) is 7.78. The number of sulfonamides is 1. The second-order valence-corrected chi connectivity index (χ2v) is 7.35. The zero-order chi connectivity index (χ0) is 12.5. The molecule has 0 aromatic heterocycles. The lowest BCUT2D eigenvalue weighted by molar-refractivity contribution is 0.153. The SMILES string of the molecule is COC[C@H](C)S(=O)(=O)N1CCN2CCC[C@@H]2C1. The highest BCUT2D eigenvalue weighted by Gasteiger charge is 2.37. The molecule has 0 spiro atoms. The highest BCUT2D eigenvalue weighted by atomic mass is 32.2. The zero-order valence-corrected chi connectivity index (χ0v) is 11.4. The van der Waals surface area contributed by atoms with Gasteiger partial charge in [0.05, 0.1) is 11.9 Å². The fourth-order valence-corrected chi connectivity index (χ4v) is 4.30. The fourth-order valence-electron chi connectivity index (χ4n) is 2.77. The van der Waals surface area contributed by atoms with Crippen LogP contribution in [-0.2, 0) is 14.8 Å². The molecule has 0 bridgehead atoms. The van der Waals surface area contributed by atoms with E-state index in [1.54, 1.807) is 18.3 Å². The lowest BCUT2D eigenvalue weighted by Crippen LogP contribution is -2.54. The molecule has 17 heavy (non-hydrogen) atoms. The van der Waals surface area contributed by atoms with Gasteiger partial charge in [0.2, 0.25) is 10.0 Å². The smallest absolute Gasteiger partial charge is 0.219 e. The Morgan fingerprint density at radius 1 is 1.35 bits per heavy atom. The topological polar surface area (TPSA) is 49.9 Å². The van der Waals surface area contributed by atoms with Gasteiger partial charge in [0.25, 0.3) is 0 Å². The summed E-state index contributed by atoms with van der Waals surface area (Å²) >= 11 is 0. The maximum Gasteiger partial charge on any atom is 0.219 e. The van der Waals surface area contributed by atoms with Gasteiger partial charge >= 0.3 is 0 Å². The molecule has 2 saturated heterocycles. The summed E-state index contributed by atoms with van der Waals surface area (Å²) in [5.74, 6) is 0. The van der Waals surface area contributed by atoms with E-state index in [1.807, 2.05) is 0 Å². The van der Waals surface area contributed by atoms with E-state index < -0.39 is 15.3 Å². The summed E-state index contributed by atoms with van der Waals surface area (Å²) in [5, 5.41) is -0.444. The van der Waals surface area contributed by atoms with Gasteiger partial charge in [-0.3, -0.25) is 4.90 Å². The summed E-state index contributed by atoms with van der Waals surface area (Å²) in [6.07, 6.45) is 2.33. The normalized spacial score (nSPS) is 29.2. The fraction of sp³-hybridized carbons (Fsp3) is 1.00. The molecule has 2 heterocycles. The van der Waals surface area contributed by atoms with E-state index in [-0.39, 0.29) is 6.61 Å². The van der Waals surface area contributed by atoms with Crippen molar-refractivity contribution in [1.82, 2.24) is 9.21 Å². The molecule has 6 heteroatoms. The van der Waals surface area contributed by atoms with Crippen LogP contribution in [0.1, 0.15) is 19.8 Å². The summed E-state index contributed by atoms with van der Waals surface area (Å²) in [4.78, 5) is 2.41. The van der Waals surface area contributed by atoms with Crippen LogP contribution < -0.4 is 0 Å². The molecule has 5 nitrogen and oxygen atoms in total. The van der Waals surface area contributed by atoms with Crippen molar-refractivity contribution < 1.29 is 13.2 Å². The van der Waals surface area contributed by atoms with Crippen LogP contribution in [0, 0.1) is 0 Å². The molecule has 0 aromatic rings. The number of hydrogen-bond donors (Lipinski definition) is 0. The van der Waals surface area contributed by atoms with Gasteiger partial charge in [-0.25, -0.2) is 8.42 Å². The molecule has 0 radical (unpaired) electrons. The van der Waals surface area contributed by atoms with Gasteiger partial charge < -0.3 is 4.74 Å². The number of nitrogens with zero attached hydrogens (tertiary/aromatic N) is 2. The van der Waals surface area contributed by atoms with Crippen LogP contribution in [0.4, 0.5) is 0 Å². The third-order valence-electron chi connectivity index (χ3n) is 3.82. The van der Waals surface area contributed by atoms with Gasteiger partial charge in [0.15, 0.2) is 0 Å². The van der Waals surface area contributed by atoms with E-state index in [0.717, 1.165) is 19.5 Å². The quantitative estimate of drug-likeness (QED) is 0.723. The predicted molar refractivity (Wildman–Crippen MR) is 66.4 cm³/mol. The Hall–Kier alpha value is -0.170. The van der Waals surface area contributed by atoms with Crippen LogP contribution in [-0.4, -0.2) is 68.8 Å². The van der Waals surface area contributed by atoms with Gasteiger partial charge in [0.1, 0.15) is 0 Å². The first-order chi connectivity index (χ1) is 8.05. The van der Waals surface area contributed by atoms with E-state index in [9.17, 15) is 8.42 Å². The van der Waals surface area contributed by atoms with Crippen molar-refractivity contribution in [2.75, 3.05) is 39.9 Å². The van der Waals surface area contributed by atoms with Crippen LogP contribution in [0.3, 0.4) is 0 Å². The standard InChI is InChI=1S/C11H22N2O3S/c1-10(9-16-2)17(14,15)13-7-6-12-5-3-4-11(12)8-13/h10-11H,3-9H2,1-2H3/t10-,11+/m0/s1. The minimum atomic E-state index is -3.18. The molecule has 0 N–H and O–H groups in total. The van der Waals surface area contributed by atoms with Crippen LogP contribution in [0.15, 0.2) is 0 Å². The van der Waals surface area contributed by atoms with Crippen molar-refractivity contribution in [1.29, 1.82) is 0 Å². The molecule has 0 aromatic carbocycles. The number of fused-ring (bicyclic) bond motifs is 1. The van der Waals surface area contributed by atoms with Gasteiger partial charge in [-0.05, 0) is 26.3 Å². The average Bonchev–Trinajstić information content (AvgIpc) is 2.76. The summed E-state index contributed by atoms with van der Waals surface area (Å²) in [6.45, 7) is 5.30. The lowest BCUT2D eigenvalue weighted by atomic mass is 10.2. The Morgan fingerprint density at radius 3 is 2.82 bits per heavy atom. The molecular weight excluding hydrogens is 240 g/mol. The number of ether oxygens (including phenoxy) is 1. The van der Waals surface area contributed by atoms with E-state index in [4.69, 9.17) is 4.74 Å². The van der Waals surface area contributed by atoms with Gasteiger partial charge in [-0.15, -0.1) is 0 Å². The molecule has 2 aliphatic heterocycles. The molecule has 100 valence electrons. The maximum absolute atomic E-state index is 12.3. The average molecular weight is 262 g/mol. The predicted octanol–water partition coefficient (Wildman–Crippen LogP) is 0.131. The third kappa shape index (κ3) is 2.65. The Bertz CT molecular complexity index is 358. The summed E-state index contributed by atoms with van der Waals surface area (Å²) in [7, 11) is -1.64. The van der Waals surface area contributed by atoms with E-state index in [0.29, 0.717) is 19.1 Å². The van der Waals surface area contributed by atoms with Gasteiger partial charge in [0, 0.05) is 32.8 Å². The summed E-state index contributed by atoms with van der Waals surface area (Å²) in [6, 6.07) is 0.438. The minimum Gasteiger partial charge on any atom is -0.383 e. The van der Waals surface area contributed by atoms with Crippen LogP contribution in [0.25, 0.3) is 0 Å². The van der Waals surface area contributed by atoms with Crippen molar-refractivity contribution in [2.45, 2.75) is 31.1 Å². The molecule has 2 aliphatic rings. The number of rotatable bonds is 4. The first kappa shape index (κ1) is 13.3. The summed E-state index contributed by atoms with van der Waals surface area (Å²) in [5.41, 5.74) is 0. The van der Waals surface area contributed by atoms with E-state index in [2.05, 4.69) is 4.90 Å². The molecular formula is C11H22N2O3S. The monoisotopic (exact) mass is 262 g/mol. The second kappa shape index (κ2) is 5.22. The maximum atomic E-state index is 12.3. The van der Waals surface area contributed by atoms with Crippen molar-refractivity contribution in [3.8, 4) is 0 Å². The van der Waals surface area contributed by atoms with Gasteiger partial charge in [-0.2, -0.15) is 4.31 Å². The number of methoxy groups -OCH3 is 1. The molecule has 2 fully saturated rings. The van der Waals surface area contributed by atoms with Crippen molar-refractivity contribution >= 4 is 10.0 Å². The molecule has 0 amide bonds. The second-order valence-electron chi connectivity index (χ2n) is 5.00. The molecule has 2 atom stereocenters. The summed E-state index contributed by atoms with van der Waals surface area (Å²) < 4.78 is 31.2. The highest BCUT2D eigenvalue weighted by molar-refractivity contribution is 7.89. The Balaban J connectivity index is 2.02. The third-order valence-corrected chi connectivity index (χ3v) is 6.02. The highest BCUT2D eigenvalue weighted by Crippen LogP contribution is 2.24. The largest absolute Gasteiger partial charge is 0.383 e. The molecule has 2 rings (SSSR count).